The van der Waals surface area contributed by atoms with Crippen molar-refractivity contribution in [2.75, 3.05) is 13.1 Å². The predicted octanol–water partition coefficient (Wildman–Crippen LogP) is 0.122. The molecule has 0 saturated heterocycles. The third kappa shape index (κ3) is 1.80. The zero-order valence-electron chi connectivity index (χ0n) is 6.79. The van der Waals surface area contributed by atoms with Gasteiger partial charge in [0.05, 0.1) is 6.04 Å². The summed E-state index contributed by atoms with van der Waals surface area (Å²) in [5.41, 5.74) is 5.58. The van der Waals surface area contributed by atoms with E-state index in [2.05, 4.69) is 0 Å². The van der Waals surface area contributed by atoms with Gasteiger partial charge in [0, 0.05) is 13.1 Å². The van der Waals surface area contributed by atoms with E-state index in [1.165, 1.54) is 0 Å². The van der Waals surface area contributed by atoms with Crippen molar-refractivity contribution < 1.29 is 4.79 Å². The maximum absolute atomic E-state index is 11.3. The molecule has 1 aliphatic rings. The summed E-state index contributed by atoms with van der Waals surface area (Å²) in [5.74, 6) is 0.0671. The fraction of sp³-hybridized carbons (Fsp3) is 0.625. The summed E-state index contributed by atoms with van der Waals surface area (Å²) in [5, 5.41) is 0. The van der Waals surface area contributed by atoms with Gasteiger partial charge in [0.25, 0.3) is 0 Å². The molecule has 0 fully saturated rings. The van der Waals surface area contributed by atoms with Gasteiger partial charge in [-0.15, -0.1) is 0 Å². The van der Waals surface area contributed by atoms with Crippen LogP contribution in [0.3, 0.4) is 0 Å². The molecule has 0 radical (unpaired) electrons. The van der Waals surface area contributed by atoms with Crippen LogP contribution in [0.15, 0.2) is 12.2 Å². The number of nitrogens with zero attached hydrogens (tertiary/aromatic N) is 1. The van der Waals surface area contributed by atoms with Crippen LogP contribution in [0.25, 0.3) is 0 Å². The second-order valence-corrected chi connectivity index (χ2v) is 2.73. The number of carbonyl (C=O) groups is 1. The molecule has 1 heterocycles. The maximum atomic E-state index is 11.3. The second kappa shape index (κ2) is 3.53. The number of rotatable bonds is 2. The Morgan fingerprint density at radius 3 is 2.64 bits per heavy atom. The van der Waals surface area contributed by atoms with Crippen LogP contribution < -0.4 is 5.73 Å². The lowest BCUT2D eigenvalue weighted by molar-refractivity contribution is -0.131. The Bertz CT molecular complexity index is 169. The molecule has 3 nitrogen and oxygen atoms in total. The Balaban J connectivity index is 2.41. The topological polar surface area (TPSA) is 46.3 Å². The molecule has 0 bridgehead atoms. The van der Waals surface area contributed by atoms with Crippen LogP contribution in [0, 0.1) is 0 Å². The van der Waals surface area contributed by atoms with Gasteiger partial charge in [-0.1, -0.05) is 19.1 Å². The standard InChI is InChI=1S/C8H14N2O/c1-2-7(9)8(11)10-5-3-4-6-10/h3-4,7H,2,5-6,9H2,1H3/t7-/m1/s1. The van der Waals surface area contributed by atoms with Crippen molar-refractivity contribution in [2.45, 2.75) is 19.4 Å². The SMILES string of the molecule is CC[C@@H](N)C(=O)N1CC=CC1. The Labute approximate surface area is 66.9 Å². The van der Waals surface area contributed by atoms with E-state index in [1.807, 2.05) is 19.1 Å². The lowest BCUT2D eigenvalue weighted by Crippen LogP contribution is -2.42. The number of amides is 1. The normalized spacial score (nSPS) is 18.9. The van der Waals surface area contributed by atoms with Crippen molar-refractivity contribution in [2.24, 2.45) is 5.73 Å². The first-order valence-corrected chi connectivity index (χ1v) is 3.95. The first kappa shape index (κ1) is 8.27. The summed E-state index contributed by atoms with van der Waals surface area (Å²) in [6, 6.07) is -0.310. The molecular formula is C8H14N2O. The second-order valence-electron chi connectivity index (χ2n) is 2.73. The average molecular weight is 154 g/mol. The molecule has 1 aliphatic heterocycles. The zero-order chi connectivity index (χ0) is 8.27. The maximum Gasteiger partial charge on any atom is 0.240 e. The largest absolute Gasteiger partial charge is 0.334 e. The van der Waals surface area contributed by atoms with E-state index in [0.717, 1.165) is 19.5 Å². The lowest BCUT2D eigenvalue weighted by atomic mass is 10.2. The van der Waals surface area contributed by atoms with E-state index >= 15 is 0 Å². The lowest BCUT2D eigenvalue weighted by Gasteiger charge is -2.18. The number of carbonyl (C=O) groups excluding carboxylic acids is 1. The summed E-state index contributed by atoms with van der Waals surface area (Å²) in [6.07, 6.45) is 4.69. The van der Waals surface area contributed by atoms with Gasteiger partial charge in [0.2, 0.25) is 5.91 Å². The van der Waals surface area contributed by atoms with E-state index < -0.39 is 0 Å². The van der Waals surface area contributed by atoms with Crippen molar-refractivity contribution in [1.29, 1.82) is 0 Å². The van der Waals surface area contributed by atoms with Gasteiger partial charge in [-0.25, -0.2) is 0 Å². The average Bonchev–Trinajstić information content (AvgIpc) is 2.53. The Kier molecular flexibility index (Phi) is 2.65. The molecule has 0 aromatic heterocycles. The Morgan fingerprint density at radius 1 is 1.64 bits per heavy atom. The monoisotopic (exact) mass is 154 g/mol. The predicted molar refractivity (Wildman–Crippen MR) is 44.0 cm³/mol. The molecule has 3 heteroatoms. The molecule has 0 unspecified atom stereocenters. The molecule has 0 spiro atoms. The van der Waals surface area contributed by atoms with Crippen LogP contribution in [-0.2, 0) is 4.79 Å². The molecule has 1 amide bonds. The number of hydrogen-bond acceptors (Lipinski definition) is 2. The van der Waals surface area contributed by atoms with Crippen molar-refractivity contribution in [3.05, 3.63) is 12.2 Å². The summed E-state index contributed by atoms with van der Waals surface area (Å²) < 4.78 is 0. The highest BCUT2D eigenvalue weighted by molar-refractivity contribution is 5.82. The van der Waals surface area contributed by atoms with E-state index in [1.54, 1.807) is 4.90 Å². The molecule has 62 valence electrons. The minimum atomic E-state index is -0.310. The fourth-order valence-electron chi connectivity index (χ4n) is 1.07. The summed E-state index contributed by atoms with van der Waals surface area (Å²) in [6.45, 7) is 3.38. The van der Waals surface area contributed by atoms with Crippen molar-refractivity contribution >= 4 is 5.91 Å². The highest BCUT2D eigenvalue weighted by atomic mass is 16.2. The third-order valence-corrected chi connectivity index (χ3v) is 1.89. The fourth-order valence-corrected chi connectivity index (χ4v) is 1.07. The smallest absolute Gasteiger partial charge is 0.240 e. The first-order chi connectivity index (χ1) is 5.25. The van der Waals surface area contributed by atoms with E-state index in [9.17, 15) is 4.79 Å². The highest BCUT2D eigenvalue weighted by Gasteiger charge is 2.19. The minimum Gasteiger partial charge on any atom is -0.334 e. The van der Waals surface area contributed by atoms with Crippen LogP contribution >= 0.6 is 0 Å². The van der Waals surface area contributed by atoms with Crippen molar-refractivity contribution in [3.8, 4) is 0 Å². The first-order valence-electron chi connectivity index (χ1n) is 3.95. The molecule has 0 saturated carbocycles. The summed E-state index contributed by atoms with van der Waals surface area (Å²) in [4.78, 5) is 13.1. The molecule has 0 aromatic rings. The van der Waals surface area contributed by atoms with Gasteiger partial charge in [0.1, 0.15) is 0 Å². The van der Waals surface area contributed by atoms with Gasteiger partial charge < -0.3 is 10.6 Å². The van der Waals surface area contributed by atoms with Crippen molar-refractivity contribution in [3.63, 3.8) is 0 Å². The van der Waals surface area contributed by atoms with E-state index in [-0.39, 0.29) is 11.9 Å². The van der Waals surface area contributed by atoms with Crippen LogP contribution in [0.5, 0.6) is 0 Å². The number of nitrogens with two attached hydrogens (primary N) is 1. The number of hydrogen-bond donors (Lipinski definition) is 1. The van der Waals surface area contributed by atoms with Gasteiger partial charge in [-0.3, -0.25) is 4.79 Å². The minimum absolute atomic E-state index is 0.0671. The molecule has 0 aromatic carbocycles. The molecular weight excluding hydrogens is 140 g/mol. The van der Waals surface area contributed by atoms with E-state index in [4.69, 9.17) is 5.73 Å². The van der Waals surface area contributed by atoms with Crippen LogP contribution in [-0.4, -0.2) is 29.9 Å². The quantitative estimate of drug-likeness (QED) is 0.574. The van der Waals surface area contributed by atoms with Gasteiger partial charge >= 0.3 is 0 Å². The third-order valence-electron chi connectivity index (χ3n) is 1.89. The van der Waals surface area contributed by atoms with E-state index in [0.29, 0.717) is 0 Å². The molecule has 1 atom stereocenters. The van der Waals surface area contributed by atoms with Crippen LogP contribution in [0.2, 0.25) is 0 Å². The van der Waals surface area contributed by atoms with Gasteiger partial charge in [-0.2, -0.15) is 0 Å². The molecule has 2 N–H and O–H groups in total. The van der Waals surface area contributed by atoms with Crippen molar-refractivity contribution in [1.82, 2.24) is 4.90 Å². The summed E-state index contributed by atoms with van der Waals surface area (Å²) >= 11 is 0. The molecule has 0 aliphatic carbocycles. The molecule has 11 heavy (non-hydrogen) atoms. The van der Waals surface area contributed by atoms with Gasteiger partial charge in [0.15, 0.2) is 0 Å². The van der Waals surface area contributed by atoms with Gasteiger partial charge in [-0.05, 0) is 6.42 Å². The Morgan fingerprint density at radius 2 is 2.18 bits per heavy atom. The Hall–Kier alpha value is -0.830. The van der Waals surface area contributed by atoms with Crippen LogP contribution in [0.4, 0.5) is 0 Å². The molecule has 1 rings (SSSR count). The highest BCUT2D eigenvalue weighted by Crippen LogP contribution is 2.02. The summed E-state index contributed by atoms with van der Waals surface area (Å²) in [7, 11) is 0. The zero-order valence-corrected chi connectivity index (χ0v) is 6.79. The van der Waals surface area contributed by atoms with Crippen LogP contribution in [0.1, 0.15) is 13.3 Å².